The summed E-state index contributed by atoms with van der Waals surface area (Å²) >= 11 is 0. The first-order chi connectivity index (χ1) is 8.58. The normalized spacial score (nSPS) is 12.7. The molecule has 0 atom stereocenters. The van der Waals surface area contributed by atoms with Gasteiger partial charge in [-0.3, -0.25) is 4.79 Å². The van der Waals surface area contributed by atoms with Gasteiger partial charge in [0.1, 0.15) is 0 Å². The van der Waals surface area contributed by atoms with Crippen LogP contribution in [0.2, 0.25) is 0 Å². The van der Waals surface area contributed by atoms with Crippen molar-refractivity contribution in [2.75, 3.05) is 25.4 Å². The Kier molecular flexibility index (Phi) is 7.50. The topological polar surface area (TPSA) is 111 Å². The summed E-state index contributed by atoms with van der Waals surface area (Å²) in [5.74, 6) is -0.581. The number of hydrogen-bond acceptors (Lipinski definition) is 5. The van der Waals surface area contributed by atoms with Gasteiger partial charge >= 0.3 is 0 Å². The molecule has 0 heterocycles. The lowest BCUT2D eigenvalue weighted by atomic mass is 10.1. The summed E-state index contributed by atoms with van der Waals surface area (Å²) < 4.78 is 30.5. The third-order valence-corrected chi connectivity index (χ3v) is 3.53. The van der Waals surface area contributed by atoms with E-state index in [4.69, 9.17) is 10.5 Å². The third-order valence-electron chi connectivity index (χ3n) is 2.24. The number of ether oxygens (including phenoxy) is 1. The molecule has 0 aromatic carbocycles. The molecule has 0 aliphatic rings. The standard InChI is InChI=1S/C11H25N3O4S/c1-9(2)18-5-6-19(16,17)13-7-10(15)14-11(3,4)8-12/h9,13H,5-8,12H2,1-4H3,(H,14,15). The Labute approximate surface area is 115 Å². The van der Waals surface area contributed by atoms with Gasteiger partial charge in [0.2, 0.25) is 15.9 Å². The molecule has 0 saturated carbocycles. The molecular formula is C11H25N3O4S. The highest BCUT2D eigenvalue weighted by Crippen LogP contribution is 1.97. The number of rotatable bonds is 9. The van der Waals surface area contributed by atoms with E-state index >= 15 is 0 Å². The molecule has 0 fully saturated rings. The second-order valence-electron chi connectivity index (χ2n) is 5.20. The maximum absolute atomic E-state index is 11.6. The van der Waals surface area contributed by atoms with Gasteiger partial charge < -0.3 is 15.8 Å². The van der Waals surface area contributed by atoms with Gasteiger partial charge in [0.05, 0.1) is 25.0 Å². The lowest BCUT2D eigenvalue weighted by molar-refractivity contribution is -0.121. The highest BCUT2D eigenvalue weighted by molar-refractivity contribution is 7.89. The average molecular weight is 295 g/mol. The van der Waals surface area contributed by atoms with Crippen LogP contribution in [0.1, 0.15) is 27.7 Å². The molecule has 0 radical (unpaired) electrons. The first-order valence-corrected chi connectivity index (χ1v) is 7.83. The van der Waals surface area contributed by atoms with Crippen LogP contribution in [0.5, 0.6) is 0 Å². The summed E-state index contributed by atoms with van der Waals surface area (Å²) in [5, 5.41) is 2.63. The van der Waals surface area contributed by atoms with Gasteiger partial charge in [0.25, 0.3) is 0 Å². The Bertz CT molecular complexity index is 379. The first-order valence-electron chi connectivity index (χ1n) is 6.18. The summed E-state index contributed by atoms with van der Waals surface area (Å²) in [7, 11) is -3.50. The maximum Gasteiger partial charge on any atom is 0.235 e. The minimum Gasteiger partial charge on any atom is -0.378 e. The fourth-order valence-electron chi connectivity index (χ4n) is 1.11. The lowest BCUT2D eigenvalue weighted by Gasteiger charge is -2.24. The Balaban J connectivity index is 4.07. The zero-order chi connectivity index (χ0) is 15.1. The molecule has 19 heavy (non-hydrogen) atoms. The number of carbonyl (C=O) groups is 1. The molecule has 0 aliphatic heterocycles. The first kappa shape index (κ1) is 18.3. The van der Waals surface area contributed by atoms with E-state index in [1.54, 1.807) is 13.8 Å². The van der Waals surface area contributed by atoms with Crippen LogP contribution in [0.4, 0.5) is 0 Å². The molecule has 4 N–H and O–H groups in total. The van der Waals surface area contributed by atoms with Crippen molar-refractivity contribution in [1.82, 2.24) is 10.0 Å². The minimum absolute atomic E-state index is 0.0242. The molecule has 0 saturated heterocycles. The van der Waals surface area contributed by atoms with Gasteiger partial charge in [-0.05, 0) is 27.7 Å². The Morgan fingerprint density at radius 1 is 1.37 bits per heavy atom. The van der Waals surface area contributed by atoms with E-state index in [0.29, 0.717) is 0 Å². The SMILES string of the molecule is CC(C)OCCS(=O)(=O)NCC(=O)NC(C)(C)CN. The quantitative estimate of drug-likeness (QED) is 0.515. The van der Waals surface area contributed by atoms with E-state index in [2.05, 4.69) is 10.0 Å². The fraction of sp³-hybridized carbons (Fsp3) is 0.909. The molecule has 0 aromatic rings. The molecular weight excluding hydrogens is 270 g/mol. The molecule has 7 nitrogen and oxygen atoms in total. The highest BCUT2D eigenvalue weighted by atomic mass is 32.2. The van der Waals surface area contributed by atoms with Crippen molar-refractivity contribution < 1.29 is 17.9 Å². The number of nitrogens with two attached hydrogens (primary N) is 1. The number of amides is 1. The van der Waals surface area contributed by atoms with Crippen LogP contribution in [0.25, 0.3) is 0 Å². The van der Waals surface area contributed by atoms with Crippen molar-refractivity contribution in [3.8, 4) is 0 Å². The molecule has 0 rings (SSSR count). The van der Waals surface area contributed by atoms with E-state index in [9.17, 15) is 13.2 Å². The van der Waals surface area contributed by atoms with Crippen LogP contribution < -0.4 is 15.8 Å². The maximum atomic E-state index is 11.6. The van der Waals surface area contributed by atoms with E-state index in [0.717, 1.165) is 0 Å². The smallest absolute Gasteiger partial charge is 0.235 e. The van der Waals surface area contributed by atoms with Crippen molar-refractivity contribution in [2.45, 2.75) is 39.3 Å². The van der Waals surface area contributed by atoms with Gasteiger partial charge in [-0.15, -0.1) is 0 Å². The number of hydrogen-bond donors (Lipinski definition) is 3. The van der Waals surface area contributed by atoms with Crippen LogP contribution >= 0.6 is 0 Å². The van der Waals surface area contributed by atoms with E-state index in [-0.39, 0.29) is 31.6 Å². The predicted octanol–water partition coefficient (Wildman–Crippen LogP) is -0.816. The summed E-state index contributed by atoms with van der Waals surface area (Å²) in [4.78, 5) is 11.5. The summed E-state index contributed by atoms with van der Waals surface area (Å²) in [6.45, 7) is 7.24. The van der Waals surface area contributed by atoms with Crippen LogP contribution in [-0.4, -0.2) is 51.4 Å². The van der Waals surface area contributed by atoms with Crippen LogP contribution in [0, 0.1) is 0 Å². The van der Waals surface area contributed by atoms with Gasteiger partial charge in [-0.1, -0.05) is 0 Å². The second-order valence-corrected chi connectivity index (χ2v) is 7.12. The third kappa shape index (κ3) is 9.83. The molecule has 0 spiro atoms. The largest absolute Gasteiger partial charge is 0.378 e. The average Bonchev–Trinajstić information content (AvgIpc) is 2.25. The second kappa shape index (κ2) is 7.78. The monoisotopic (exact) mass is 295 g/mol. The van der Waals surface area contributed by atoms with E-state index < -0.39 is 21.5 Å². The zero-order valence-corrected chi connectivity index (χ0v) is 12.8. The molecule has 0 aliphatic carbocycles. The van der Waals surface area contributed by atoms with Gasteiger partial charge in [-0.25, -0.2) is 13.1 Å². The summed E-state index contributed by atoms with van der Waals surface area (Å²) in [6.07, 6.45) is -0.0242. The molecule has 8 heteroatoms. The molecule has 114 valence electrons. The summed E-state index contributed by atoms with van der Waals surface area (Å²) in [5.41, 5.74) is 4.91. The van der Waals surface area contributed by atoms with Crippen LogP contribution in [0.3, 0.4) is 0 Å². The summed E-state index contributed by atoms with van der Waals surface area (Å²) in [6, 6.07) is 0. The van der Waals surface area contributed by atoms with Crippen molar-refractivity contribution in [3.05, 3.63) is 0 Å². The Morgan fingerprint density at radius 3 is 2.42 bits per heavy atom. The molecule has 0 bridgehead atoms. The minimum atomic E-state index is -3.50. The predicted molar refractivity (Wildman–Crippen MR) is 74.2 cm³/mol. The van der Waals surface area contributed by atoms with Crippen molar-refractivity contribution in [1.29, 1.82) is 0 Å². The Hall–Kier alpha value is -0.700. The molecule has 1 amide bonds. The van der Waals surface area contributed by atoms with Gasteiger partial charge in [0, 0.05) is 12.1 Å². The van der Waals surface area contributed by atoms with Gasteiger partial charge in [-0.2, -0.15) is 0 Å². The van der Waals surface area contributed by atoms with Crippen LogP contribution in [-0.2, 0) is 19.6 Å². The number of carbonyl (C=O) groups excluding carboxylic acids is 1. The highest BCUT2D eigenvalue weighted by Gasteiger charge is 2.19. The van der Waals surface area contributed by atoms with E-state index in [1.807, 2.05) is 13.8 Å². The molecule has 0 unspecified atom stereocenters. The van der Waals surface area contributed by atoms with Crippen LogP contribution in [0.15, 0.2) is 0 Å². The number of sulfonamides is 1. The van der Waals surface area contributed by atoms with E-state index in [1.165, 1.54) is 0 Å². The number of nitrogens with one attached hydrogen (secondary N) is 2. The van der Waals surface area contributed by atoms with Crippen molar-refractivity contribution >= 4 is 15.9 Å². The Morgan fingerprint density at radius 2 is 1.95 bits per heavy atom. The van der Waals surface area contributed by atoms with Crippen molar-refractivity contribution in [3.63, 3.8) is 0 Å². The lowest BCUT2D eigenvalue weighted by Crippen LogP contribution is -2.51. The van der Waals surface area contributed by atoms with Gasteiger partial charge in [0.15, 0.2) is 0 Å². The zero-order valence-electron chi connectivity index (χ0n) is 12.0. The fourth-order valence-corrected chi connectivity index (χ4v) is 1.92. The van der Waals surface area contributed by atoms with Crippen molar-refractivity contribution in [2.24, 2.45) is 5.73 Å². The molecule has 0 aromatic heterocycles.